The number of fused-ring (bicyclic) bond motifs is 1. The molecule has 2 fully saturated rings. The summed E-state index contributed by atoms with van der Waals surface area (Å²) in [4.78, 5) is 33.4. The summed E-state index contributed by atoms with van der Waals surface area (Å²) in [7, 11) is 1.70. The second-order valence-electron chi connectivity index (χ2n) is 11.8. The third kappa shape index (κ3) is 6.57. The van der Waals surface area contributed by atoms with Crippen LogP contribution in [0.3, 0.4) is 0 Å². The molecule has 1 aliphatic heterocycles. The molecule has 1 saturated heterocycles. The summed E-state index contributed by atoms with van der Waals surface area (Å²) < 4.78 is 47.8. The highest BCUT2D eigenvalue weighted by Gasteiger charge is 2.33. The largest absolute Gasteiger partial charge is 0.416 e. The van der Waals surface area contributed by atoms with Gasteiger partial charge in [-0.05, 0) is 54.7 Å². The van der Waals surface area contributed by atoms with Crippen LogP contribution in [0.4, 0.5) is 18.9 Å². The Kier molecular flexibility index (Phi) is 8.61. The Morgan fingerprint density at radius 2 is 1.76 bits per heavy atom. The summed E-state index contributed by atoms with van der Waals surface area (Å²) in [5, 5.41) is 11.5. The molecule has 0 unspecified atom stereocenters. The predicted molar refractivity (Wildman–Crippen MR) is 162 cm³/mol. The van der Waals surface area contributed by atoms with Crippen LogP contribution in [-0.4, -0.2) is 69.4 Å². The number of methoxy groups -OCH3 is 1. The topological polar surface area (TPSA) is 93.2 Å². The van der Waals surface area contributed by atoms with Crippen molar-refractivity contribution in [3.05, 3.63) is 88.2 Å². The number of benzene rings is 2. The number of carbonyl (C=O) groups is 1. The molecule has 0 bridgehead atoms. The van der Waals surface area contributed by atoms with Gasteiger partial charge in [-0.2, -0.15) is 13.2 Å². The van der Waals surface area contributed by atoms with Gasteiger partial charge in [-0.1, -0.05) is 30.7 Å². The van der Waals surface area contributed by atoms with Gasteiger partial charge in [0, 0.05) is 69.6 Å². The van der Waals surface area contributed by atoms with E-state index in [1.165, 1.54) is 18.2 Å². The van der Waals surface area contributed by atoms with Gasteiger partial charge >= 0.3 is 6.18 Å². The van der Waals surface area contributed by atoms with Crippen molar-refractivity contribution in [1.82, 2.24) is 19.2 Å². The first kappa shape index (κ1) is 30.7. The number of aromatic nitrogens is 2. The van der Waals surface area contributed by atoms with E-state index < -0.39 is 16.7 Å². The first-order valence-electron chi connectivity index (χ1n) is 15.1. The third-order valence-electron chi connectivity index (χ3n) is 8.94. The zero-order valence-corrected chi connectivity index (χ0v) is 24.9. The molecular formula is C33H34F3N5O4. The zero-order chi connectivity index (χ0) is 31.7. The quantitative estimate of drug-likeness (QED) is 0.174. The van der Waals surface area contributed by atoms with Crippen LogP contribution in [0.2, 0.25) is 0 Å². The summed E-state index contributed by atoms with van der Waals surface area (Å²) in [6, 6.07) is 14.9. The van der Waals surface area contributed by atoms with Gasteiger partial charge in [-0.15, -0.1) is 0 Å². The summed E-state index contributed by atoms with van der Waals surface area (Å²) in [6.45, 7) is 2.83. The van der Waals surface area contributed by atoms with E-state index in [0.29, 0.717) is 60.8 Å². The van der Waals surface area contributed by atoms with Crippen LogP contribution in [0, 0.1) is 16.0 Å². The molecule has 4 aromatic rings. The fourth-order valence-corrected chi connectivity index (χ4v) is 6.47. The highest BCUT2D eigenvalue weighted by Crippen LogP contribution is 2.34. The van der Waals surface area contributed by atoms with Crippen molar-refractivity contribution >= 4 is 17.2 Å². The number of non-ortho nitro benzene ring substituents is 1. The average molecular weight is 622 g/mol. The van der Waals surface area contributed by atoms with E-state index in [1.807, 2.05) is 9.30 Å². The van der Waals surface area contributed by atoms with Crippen molar-refractivity contribution in [3.8, 4) is 22.4 Å². The monoisotopic (exact) mass is 621 g/mol. The average Bonchev–Trinajstić information content (AvgIpc) is 3.42. The summed E-state index contributed by atoms with van der Waals surface area (Å²) in [5.74, 6) is 0.151. The maximum Gasteiger partial charge on any atom is 0.416 e. The lowest BCUT2D eigenvalue weighted by Crippen LogP contribution is -2.50. The van der Waals surface area contributed by atoms with Crippen LogP contribution in [0.5, 0.6) is 0 Å². The standard InChI is InChI=1S/C33H34F3N5O4/c1-45-28-10-4-7-24(19-28)32(42)39-15-13-38(14-16-39)21-29-31(23-6-3-9-27(18-23)41(43)44)37-30-12-11-25(20-40(29)30)22-5-2-8-26(17-22)33(34,35)36/h2-3,5-6,8-9,11-12,17-18,20,24,28H,4,7,10,13-16,19,21H2,1H3/t24-,28-/m1/s1. The molecule has 2 aromatic heterocycles. The summed E-state index contributed by atoms with van der Waals surface area (Å²) in [5.41, 5.74) is 2.65. The molecule has 12 heteroatoms. The van der Waals surface area contributed by atoms with Crippen molar-refractivity contribution < 1.29 is 27.6 Å². The number of piperazine rings is 1. The Morgan fingerprint density at radius 1 is 1.00 bits per heavy atom. The minimum absolute atomic E-state index is 0.0243. The molecule has 9 nitrogen and oxygen atoms in total. The second-order valence-corrected chi connectivity index (χ2v) is 11.8. The molecule has 0 radical (unpaired) electrons. The van der Waals surface area contributed by atoms with Gasteiger partial charge in [0.25, 0.3) is 5.69 Å². The molecular weight excluding hydrogens is 587 g/mol. The van der Waals surface area contributed by atoms with Gasteiger partial charge in [-0.25, -0.2) is 4.98 Å². The molecule has 3 heterocycles. The highest BCUT2D eigenvalue weighted by molar-refractivity contribution is 5.79. The number of hydrogen-bond donors (Lipinski definition) is 0. The van der Waals surface area contributed by atoms with E-state index in [1.54, 1.807) is 43.6 Å². The lowest BCUT2D eigenvalue weighted by Gasteiger charge is -2.38. The maximum atomic E-state index is 13.5. The lowest BCUT2D eigenvalue weighted by atomic mass is 9.86. The molecule has 0 spiro atoms. The Hall–Kier alpha value is -4.29. The van der Waals surface area contributed by atoms with Crippen molar-refractivity contribution in [2.24, 2.45) is 5.92 Å². The third-order valence-corrected chi connectivity index (χ3v) is 8.94. The minimum atomic E-state index is -4.47. The SMILES string of the molecule is CO[C@@H]1CCC[C@@H](C(=O)N2CCN(Cc3c(-c4cccc([N+](=O)[O-])c4)nc4ccc(-c5cccc(C(F)(F)F)c5)cn34)CC2)C1. The van der Waals surface area contributed by atoms with Crippen LogP contribution in [0.15, 0.2) is 66.9 Å². The van der Waals surface area contributed by atoms with Gasteiger partial charge in [-0.3, -0.25) is 19.8 Å². The first-order valence-corrected chi connectivity index (χ1v) is 15.1. The smallest absolute Gasteiger partial charge is 0.381 e. The Labute approximate surface area is 258 Å². The Balaban J connectivity index is 1.30. The van der Waals surface area contributed by atoms with Gasteiger partial charge in [0.05, 0.1) is 28.0 Å². The number of halogens is 3. The number of pyridine rings is 1. The van der Waals surface area contributed by atoms with E-state index in [9.17, 15) is 28.1 Å². The Morgan fingerprint density at radius 3 is 2.49 bits per heavy atom. The van der Waals surface area contributed by atoms with E-state index in [-0.39, 0.29) is 23.6 Å². The number of carbonyl (C=O) groups excluding carboxylic acids is 1. The number of ether oxygens (including phenoxy) is 1. The van der Waals surface area contributed by atoms with Crippen LogP contribution in [0.1, 0.15) is 36.9 Å². The van der Waals surface area contributed by atoms with Crippen molar-refractivity contribution in [2.75, 3.05) is 33.3 Å². The van der Waals surface area contributed by atoms with Crippen LogP contribution >= 0.6 is 0 Å². The van der Waals surface area contributed by atoms with E-state index >= 15 is 0 Å². The van der Waals surface area contributed by atoms with Crippen LogP contribution < -0.4 is 0 Å². The van der Waals surface area contributed by atoms with Crippen LogP contribution in [0.25, 0.3) is 28.0 Å². The van der Waals surface area contributed by atoms with Crippen molar-refractivity contribution in [2.45, 2.75) is 44.5 Å². The molecule has 45 heavy (non-hydrogen) atoms. The molecule has 1 saturated carbocycles. The fourth-order valence-electron chi connectivity index (χ4n) is 6.47. The molecule has 6 rings (SSSR count). The normalized spacial score (nSPS) is 19.6. The molecule has 2 aromatic carbocycles. The number of hydrogen-bond acceptors (Lipinski definition) is 6. The maximum absolute atomic E-state index is 13.5. The summed E-state index contributed by atoms with van der Waals surface area (Å²) >= 11 is 0. The van der Waals surface area contributed by atoms with Gasteiger partial charge < -0.3 is 14.0 Å². The zero-order valence-electron chi connectivity index (χ0n) is 24.9. The van der Waals surface area contributed by atoms with Gasteiger partial charge in [0.2, 0.25) is 5.91 Å². The number of nitro groups is 1. The molecule has 1 aliphatic carbocycles. The molecule has 2 aliphatic rings. The highest BCUT2D eigenvalue weighted by atomic mass is 19.4. The van der Waals surface area contributed by atoms with E-state index in [0.717, 1.165) is 43.5 Å². The lowest BCUT2D eigenvalue weighted by molar-refractivity contribution is -0.384. The van der Waals surface area contributed by atoms with Gasteiger partial charge in [0.1, 0.15) is 5.65 Å². The fraction of sp³-hybridized carbons (Fsp3) is 0.394. The van der Waals surface area contributed by atoms with Crippen molar-refractivity contribution in [1.29, 1.82) is 0 Å². The van der Waals surface area contributed by atoms with E-state index in [4.69, 9.17) is 9.72 Å². The molecule has 1 amide bonds. The predicted octanol–water partition coefficient (Wildman–Crippen LogP) is 6.44. The first-order chi connectivity index (χ1) is 21.6. The number of alkyl halides is 3. The molecule has 2 atom stereocenters. The van der Waals surface area contributed by atoms with Crippen LogP contribution in [-0.2, 0) is 22.3 Å². The number of nitrogens with zero attached hydrogens (tertiary/aromatic N) is 5. The number of imidazole rings is 1. The number of amides is 1. The summed E-state index contributed by atoms with van der Waals surface area (Å²) in [6.07, 6.45) is 1.00. The number of nitro benzene ring substituents is 1. The number of rotatable bonds is 7. The van der Waals surface area contributed by atoms with Crippen molar-refractivity contribution in [3.63, 3.8) is 0 Å². The van der Waals surface area contributed by atoms with Gasteiger partial charge in [0.15, 0.2) is 0 Å². The van der Waals surface area contributed by atoms with E-state index in [2.05, 4.69) is 4.90 Å². The molecule has 236 valence electrons. The Bertz CT molecular complexity index is 1710. The second kappa shape index (κ2) is 12.6. The minimum Gasteiger partial charge on any atom is -0.381 e. The molecule has 0 N–H and O–H groups in total.